The molecule has 0 radical (unpaired) electrons. The van der Waals surface area contributed by atoms with Crippen molar-refractivity contribution in [3.63, 3.8) is 0 Å². The third-order valence-corrected chi connectivity index (χ3v) is 4.50. The summed E-state index contributed by atoms with van der Waals surface area (Å²) < 4.78 is 10.7. The molecule has 0 saturated carbocycles. The molecule has 0 bridgehead atoms. The average molecular weight is 340 g/mol. The monoisotopic (exact) mass is 340 g/mol. The van der Waals surface area contributed by atoms with E-state index in [-0.39, 0.29) is 5.91 Å². The Hall–Kier alpha value is -2.69. The van der Waals surface area contributed by atoms with Crippen LogP contribution in [0.25, 0.3) is 0 Å². The quantitative estimate of drug-likeness (QED) is 0.895. The fourth-order valence-corrected chi connectivity index (χ4v) is 3.25. The number of anilines is 2. The molecule has 0 aliphatic carbocycles. The van der Waals surface area contributed by atoms with Crippen LogP contribution in [-0.2, 0) is 0 Å². The Balaban J connectivity index is 1.87. The predicted molar refractivity (Wildman–Crippen MR) is 100 cm³/mol. The molecule has 0 aromatic heterocycles. The Morgan fingerprint density at radius 2 is 1.72 bits per heavy atom. The fraction of sp³-hybridized carbons (Fsp3) is 0.350. The van der Waals surface area contributed by atoms with Gasteiger partial charge in [0.25, 0.3) is 5.91 Å². The van der Waals surface area contributed by atoms with Gasteiger partial charge in [0.05, 0.1) is 31.2 Å². The second-order valence-corrected chi connectivity index (χ2v) is 6.06. The zero-order valence-electron chi connectivity index (χ0n) is 14.7. The van der Waals surface area contributed by atoms with Crippen molar-refractivity contribution in [2.45, 2.75) is 19.3 Å². The number of carbonyl (C=O) groups excluding carboxylic acids is 1. The van der Waals surface area contributed by atoms with E-state index in [9.17, 15) is 4.79 Å². The minimum atomic E-state index is -0.208. The lowest BCUT2D eigenvalue weighted by molar-refractivity contribution is 0.102. The average Bonchev–Trinajstić information content (AvgIpc) is 2.68. The van der Waals surface area contributed by atoms with Gasteiger partial charge in [0.1, 0.15) is 0 Å². The van der Waals surface area contributed by atoms with E-state index < -0.39 is 0 Å². The molecule has 1 N–H and O–H groups in total. The largest absolute Gasteiger partial charge is 0.493 e. The van der Waals surface area contributed by atoms with E-state index >= 15 is 0 Å². The van der Waals surface area contributed by atoms with Gasteiger partial charge < -0.3 is 19.7 Å². The molecule has 3 rings (SSSR count). The number of hydrogen-bond donors (Lipinski definition) is 1. The first kappa shape index (κ1) is 17.1. The number of methoxy groups -OCH3 is 2. The Bertz CT molecular complexity index is 739. The number of amides is 1. The van der Waals surface area contributed by atoms with Crippen LogP contribution in [0.5, 0.6) is 11.5 Å². The van der Waals surface area contributed by atoms with E-state index in [0.717, 1.165) is 24.5 Å². The summed E-state index contributed by atoms with van der Waals surface area (Å²) in [4.78, 5) is 15.2. The third-order valence-electron chi connectivity index (χ3n) is 4.50. The Morgan fingerprint density at radius 1 is 0.960 bits per heavy atom. The lowest BCUT2D eigenvalue weighted by Gasteiger charge is -2.30. The SMILES string of the molecule is COc1cccc(C(=O)Nc2ccccc2N2CCCCC2)c1OC. The first-order valence-corrected chi connectivity index (χ1v) is 8.61. The van der Waals surface area contributed by atoms with Gasteiger partial charge in [-0.05, 0) is 43.5 Å². The van der Waals surface area contributed by atoms with Crippen molar-refractivity contribution in [3.05, 3.63) is 48.0 Å². The molecule has 5 nitrogen and oxygen atoms in total. The zero-order chi connectivity index (χ0) is 17.6. The maximum atomic E-state index is 12.8. The van der Waals surface area contributed by atoms with Crippen LogP contribution in [0.3, 0.4) is 0 Å². The van der Waals surface area contributed by atoms with E-state index in [1.807, 2.05) is 18.2 Å². The molecule has 0 spiro atoms. The molecular formula is C20H24N2O3. The van der Waals surface area contributed by atoms with Crippen molar-refractivity contribution in [1.29, 1.82) is 0 Å². The minimum absolute atomic E-state index is 0.208. The summed E-state index contributed by atoms with van der Waals surface area (Å²) in [7, 11) is 3.10. The van der Waals surface area contributed by atoms with Crippen molar-refractivity contribution in [2.75, 3.05) is 37.5 Å². The van der Waals surface area contributed by atoms with Crippen LogP contribution >= 0.6 is 0 Å². The normalized spacial score (nSPS) is 14.1. The van der Waals surface area contributed by atoms with Gasteiger partial charge in [-0.25, -0.2) is 0 Å². The van der Waals surface area contributed by atoms with Crippen molar-refractivity contribution in [1.82, 2.24) is 0 Å². The molecule has 2 aromatic carbocycles. The summed E-state index contributed by atoms with van der Waals surface area (Å²) in [6, 6.07) is 13.2. The molecule has 0 atom stereocenters. The molecule has 1 saturated heterocycles. The summed E-state index contributed by atoms with van der Waals surface area (Å²) in [6.07, 6.45) is 3.64. The predicted octanol–water partition coefficient (Wildman–Crippen LogP) is 3.95. The van der Waals surface area contributed by atoms with Gasteiger partial charge in [0.2, 0.25) is 0 Å². The number of rotatable bonds is 5. The minimum Gasteiger partial charge on any atom is -0.493 e. The topological polar surface area (TPSA) is 50.8 Å². The highest BCUT2D eigenvalue weighted by Gasteiger charge is 2.19. The Kier molecular flexibility index (Phi) is 5.43. The van der Waals surface area contributed by atoms with Crippen LogP contribution in [0, 0.1) is 0 Å². The van der Waals surface area contributed by atoms with E-state index in [1.165, 1.54) is 26.4 Å². The van der Waals surface area contributed by atoms with E-state index in [2.05, 4.69) is 16.3 Å². The number of carbonyl (C=O) groups is 1. The molecule has 2 aromatic rings. The first-order valence-electron chi connectivity index (χ1n) is 8.61. The highest BCUT2D eigenvalue weighted by molar-refractivity contribution is 6.08. The number of nitrogens with one attached hydrogen (secondary N) is 1. The first-order chi connectivity index (χ1) is 12.2. The Labute approximate surface area is 148 Å². The number of hydrogen-bond acceptors (Lipinski definition) is 4. The molecule has 1 aliphatic heterocycles. The second kappa shape index (κ2) is 7.92. The van der Waals surface area contributed by atoms with Gasteiger partial charge in [-0.15, -0.1) is 0 Å². The summed E-state index contributed by atoms with van der Waals surface area (Å²) >= 11 is 0. The van der Waals surface area contributed by atoms with Crippen molar-refractivity contribution >= 4 is 17.3 Å². The molecule has 1 heterocycles. The fourth-order valence-electron chi connectivity index (χ4n) is 3.25. The van der Waals surface area contributed by atoms with E-state index in [1.54, 1.807) is 25.3 Å². The molecular weight excluding hydrogens is 316 g/mol. The molecule has 5 heteroatoms. The summed E-state index contributed by atoms with van der Waals surface area (Å²) in [6.45, 7) is 2.05. The van der Waals surface area contributed by atoms with Crippen LogP contribution in [0.15, 0.2) is 42.5 Å². The zero-order valence-corrected chi connectivity index (χ0v) is 14.7. The Morgan fingerprint density at radius 3 is 2.44 bits per heavy atom. The molecule has 1 fully saturated rings. The van der Waals surface area contributed by atoms with Gasteiger partial charge in [-0.3, -0.25) is 4.79 Å². The van der Waals surface area contributed by atoms with Gasteiger partial charge in [0.15, 0.2) is 11.5 Å². The van der Waals surface area contributed by atoms with E-state index in [4.69, 9.17) is 9.47 Å². The van der Waals surface area contributed by atoms with Crippen LogP contribution in [0.1, 0.15) is 29.6 Å². The highest BCUT2D eigenvalue weighted by Crippen LogP contribution is 2.33. The lowest BCUT2D eigenvalue weighted by Crippen LogP contribution is -2.30. The van der Waals surface area contributed by atoms with Crippen LogP contribution < -0.4 is 19.7 Å². The molecule has 25 heavy (non-hydrogen) atoms. The van der Waals surface area contributed by atoms with Gasteiger partial charge in [-0.2, -0.15) is 0 Å². The second-order valence-electron chi connectivity index (χ2n) is 6.06. The third kappa shape index (κ3) is 3.71. The molecule has 0 unspecified atom stereocenters. The van der Waals surface area contributed by atoms with Crippen LogP contribution in [-0.4, -0.2) is 33.2 Å². The number of ether oxygens (including phenoxy) is 2. The van der Waals surface area contributed by atoms with Gasteiger partial charge in [0, 0.05) is 13.1 Å². The number of para-hydroxylation sites is 3. The number of nitrogens with zero attached hydrogens (tertiary/aromatic N) is 1. The summed E-state index contributed by atoms with van der Waals surface area (Å²) in [5.74, 6) is 0.776. The summed E-state index contributed by atoms with van der Waals surface area (Å²) in [5.41, 5.74) is 2.34. The van der Waals surface area contributed by atoms with Crippen molar-refractivity contribution < 1.29 is 14.3 Å². The van der Waals surface area contributed by atoms with Crippen molar-refractivity contribution in [2.24, 2.45) is 0 Å². The van der Waals surface area contributed by atoms with Gasteiger partial charge in [-0.1, -0.05) is 18.2 Å². The summed E-state index contributed by atoms with van der Waals surface area (Å²) in [5, 5.41) is 3.03. The molecule has 1 amide bonds. The smallest absolute Gasteiger partial charge is 0.259 e. The van der Waals surface area contributed by atoms with Gasteiger partial charge >= 0.3 is 0 Å². The molecule has 1 aliphatic rings. The lowest BCUT2D eigenvalue weighted by atomic mass is 10.1. The standard InChI is InChI=1S/C20H24N2O3/c1-24-18-12-8-9-15(19(18)25-2)20(23)21-16-10-4-5-11-17(16)22-13-6-3-7-14-22/h4-5,8-12H,3,6-7,13-14H2,1-2H3,(H,21,23). The highest BCUT2D eigenvalue weighted by atomic mass is 16.5. The number of piperidine rings is 1. The van der Waals surface area contributed by atoms with Crippen molar-refractivity contribution in [3.8, 4) is 11.5 Å². The maximum absolute atomic E-state index is 12.8. The number of benzene rings is 2. The molecule has 132 valence electrons. The van der Waals surface area contributed by atoms with E-state index in [0.29, 0.717) is 17.1 Å². The van der Waals surface area contributed by atoms with Crippen LogP contribution in [0.4, 0.5) is 11.4 Å². The maximum Gasteiger partial charge on any atom is 0.259 e. The van der Waals surface area contributed by atoms with Crippen LogP contribution in [0.2, 0.25) is 0 Å².